The van der Waals surface area contributed by atoms with E-state index in [1.165, 1.54) is 30.4 Å². The summed E-state index contributed by atoms with van der Waals surface area (Å²) in [6.07, 6.45) is 6.27. The van der Waals surface area contributed by atoms with Gasteiger partial charge in [-0.1, -0.05) is 47.5 Å². The highest BCUT2D eigenvalue weighted by molar-refractivity contribution is 7.90. The van der Waals surface area contributed by atoms with Gasteiger partial charge in [-0.3, -0.25) is 5.32 Å². The summed E-state index contributed by atoms with van der Waals surface area (Å²) >= 11 is 1.35. The molecular formula is C24H25N5O4S2. The minimum Gasteiger partial charge on any atom is -0.339 e. The number of thiazole rings is 1. The van der Waals surface area contributed by atoms with Gasteiger partial charge in [0.15, 0.2) is 20.8 Å². The topological polar surface area (TPSA) is 127 Å². The van der Waals surface area contributed by atoms with E-state index in [0.29, 0.717) is 35.7 Å². The molecule has 9 nitrogen and oxygen atoms in total. The average molecular weight is 512 g/mol. The van der Waals surface area contributed by atoms with Crippen LogP contribution >= 0.6 is 11.3 Å². The number of carbonyl (C=O) groups excluding carboxylic acids is 1. The molecule has 0 saturated heterocycles. The molecule has 2 amide bonds. The zero-order chi connectivity index (χ0) is 24.4. The Bertz CT molecular complexity index is 1470. The van der Waals surface area contributed by atoms with Gasteiger partial charge in [0.05, 0.1) is 15.1 Å². The smallest absolute Gasteiger partial charge is 0.321 e. The highest BCUT2D eigenvalue weighted by Crippen LogP contribution is 2.33. The van der Waals surface area contributed by atoms with Gasteiger partial charge >= 0.3 is 6.03 Å². The molecule has 1 saturated carbocycles. The molecule has 1 aliphatic carbocycles. The molecule has 0 bridgehead atoms. The van der Waals surface area contributed by atoms with E-state index in [4.69, 9.17) is 4.52 Å². The van der Waals surface area contributed by atoms with Crippen molar-refractivity contribution >= 4 is 42.6 Å². The van der Waals surface area contributed by atoms with Crippen molar-refractivity contribution in [2.75, 3.05) is 18.1 Å². The van der Waals surface area contributed by atoms with Gasteiger partial charge in [0.1, 0.15) is 0 Å². The van der Waals surface area contributed by atoms with E-state index >= 15 is 0 Å². The number of carbonyl (C=O) groups is 1. The summed E-state index contributed by atoms with van der Waals surface area (Å²) in [5.74, 6) is 1.68. The Kier molecular flexibility index (Phi) is 6.52. The number of amides is 2. The fraction of sp³-hybridized carbons (Fsp3) is 0.333. The Morgan fingerprint density at radius 1 is 1.11 bits per heavy atom. The molecular weight excluding hydrogens is 486 g/mol. The third kappa shape index (κ3) is 5.51. The number of fused-ring (bicyclic) bond motifs is 1. The lowest BCUT2D eigenvalue weighted by molar-refractivity contribution is 0.252. The molecule has 0 unspecified atom stereocenters. The van der Waals surface area contributed by atoms with Crippen LogP contribution in [0.1, 0.15) is 43.3 Å². The van der Waals surface area contributed by atoms with Gasteiger partial charge < -0.3 is 9.84 Å². The molecule has 5 rings (SSSR count). The van der Waals surface area contributed by atoms with E-state index in [2.05, 4.69) is 25.8 Å². The maximum Gasteiger partial charge on any atom is 0.321 e. The normalized spacial score (nSPS) is 14.4. The maximum absolute atomic E-state index is 12.3. The van der Waals surface area contributed by atoms with Crippen molar-refractivity contribution in [1.29, 1.82) is 0 Å². The highest BCUT2D eigenvalue weighted by atomic mass is 32.2. The van der Waals surface area contributed by atoms with Crippen LogP contribution in [-0.4, -0.2) is 42.4 Å². The van der Waals surface area contributed by atoms with Crippen LogP contribution in [0.15, 0.2) is 51.9 Å². The van der Waals surface area contributed by atoms with Crippen LogP contribution in [0.4, 0.5) is 9.93 Å². The monoisotopic (exact) mass is 511 g/mol. The molecule has 35 heavy (non-hydrogen) atoms. The fourth-order valence-electron chi connectivity index (χ4n) is 4.20. The molecule has 0 spiro atoms. The number of rotatable bonds is 7. The third-order valence-electron chi connectivity index (χ3n) is 6.03. The number of sulfone groups is 1. The lowest BCUT2D eigenvalue weighted by Gasteiger charge is -2.04. The maximum atomic E-state index is 12.3. The Hall–Kier alpha value is -3.31. The first-order valence-corrected chi connectivity index (χ1v) is 14.1. The fourth-order valence-corrected chi connectivity index (χ4v) is 5.77. The summed E-state index contributed by atoms with van der Waals surface area (Å²) in [6, 6.07) is 12.2. The van der Waals surface area contributed by atoms with Crippen LogP contribution in [0.5, 0.6) is 0 Å². The summed E-state index contributed by atoms with van der Waals surface area (Å²) in [7, 11) is -3.29. The molecule has 182 valence electrons. The molecule has 2 aromatic heterocycles. The molecule has 1 fully saturated rings. The van der Waals surface area contributed by atoms with E-state index in [0.717, 1.165) is 34.2 Å². The SMILES string of the molecule is CS(=O)(=O)c1cccc(-c2ccc3nc(NC(=O)NCCc4noc(C5CCCC5)n4)sc3c2)c1. The van der Waals surface area contributed by atoms with Crippen LogP contribution in [0.25, 0.3) is 21.3 Å². The van der Waals surface area contributed by atoms with Crippen molar-refractivity contribution in [1.82, 2.24) is 20.4 Å². The zero-order valence-electron chi connectivity index (χ0n) is 19.2. The second-order valence-corrected chi connectivity index (χ2v) is 11.7. The van der Waals surface area contributed by atoms with E-state index < -0.39 is 9.84 Å². The molecule has 2 heterocycles. The van der Waals surface area contributed by atoms with Gasteiger partial charge in [0.25, 0.3) is 0 Å². The lowest BCUT2D eigenvalue weighted by atomic mass is 10.1. The van der Waals surface area contributed by atoms with Gasteiger partial charge in [0, 0.05) is 25.1 Å². The summed E-state index contributed by atoms with van der Waals surface area (Å²) < 4.78 is 30.0. The quantitative estimate of drug-likeness (QED) is 0.366. The number of nitrogens with one attached hydrogen (secondary N) is 2. The minimum atomic E-state index is -3.29. The Balaban J connectivity index is 1.19. The number of benzene rings is 2. The van der Waals surface area contributed by atoms with Gasteiger partial charge in [-0.25, -0.2) is 18.2 Å². The van der Waals surface area contributed by atoms with Crippen molar-refractivity contribution < 1.29 is 17.7 Å². The van der Waals surface area contributed by atoms with Crippen molar-refractivity contribution in [3.05, 3.63) is 54.2 Å². The standard InChI is InChI=1S/C24H25N5O4S2/c1-35(31,32)18-8-4-7-16(13-18)17-9-10-19-20(14-17)34-24(26-19)28-23(30)25-12-11-21-27-22(33-29-21)15-5-2-3-6-15/h4,7-10,13-15H,2-3,5-6,11-12H2,1H3,(H2,25,26,28,30). The summed E-state index contributed by atoms with van der Waals surface area (Å²) in [6.45, 7) is 0.376. The van der Waals surface area contributed by atoms with Crippen LogP contribution in [-0.2, 0) is 16.3 Å². The number of aromatic nitrogens is 3. The largest absolute Gasteiger partial charge is 0.339 e. The highest BCUT2D eigenvalue weighted by Gasteiger charge is 2.22. The van der Waals surface area contributed by atoms with Crippen molar-refractivity contribution in [3.63, 3.8) is 0 Å². The van der Waals surface area contributed by atoms with Crippen LogP contribution in [0.2, 0.25) is 0 Å². The first-order chi connectivity index (χ1) is 16.8. The molecule has 11 heteroatoms. The first kappa shape index (κ1) is 23.4. The Morgan fingerprint density at radius 3 is 2.71 bits per heavy atom. The lowest BCUT2D eigenvalue weighted by Crippen LogP contribution is -2.30. The van der Waals surface area contributed by atoms with Gasteiger partial charge in [0.2, 0.25) is 5.89 Å². The van der Waals surface area contributed by atoms with Gasteiger partial charge in [-0.15, -0.1) is 0 Å². The number of hydrogen-bond donors (Lipinski definition) is 2. The number of anilines is 1. The number of urea groups is 1. The van der Waals surface area contributed by atoms with Gasteiger partial charge in [-0.05, 0) is 48.2 Å². The summed E-state index contributed by atoms with van der Waals surface area (Å²) in [5.41, 5.74) is 2.42. The Labute approximate surface area is 206 Å². The van der Waals surface area contributed by atoms with Crippen molar-refractivity contribution in [2.45, 2.75) is 42.9 Å². The second kappa shape index (κ2) is 9.74. The van der Waals surface area contributed by atoms with Crippen LogP contribution in [0.3, 0.4) is 0 Å². The molecule has 2 aromatic carbocycles. The zero-order valence-corrected chi connectivity index (χ0v) is 20.8. The second-order valence-electron chi connectivity index (χ2n) is 8.66. The van der Waals surface area contributed by atoms with Crippen molar-refractivity contribution in [2.24, 2.45) is 0 Å². The molecule has 1 aliphatic rings. The van der Waals surface area contributed by atoms with E-state index in [1.54, 1.807) is 18.2 Å². The summed E-state index contributed by atoms with van der Waals surface area (Å²) in [4.78, 5) is 21.5. The van der Waals surface area contributed by atoms with E-state index in [1.807, 2.05) is 24.3 Å². The van der Waals surface area contributed by atoms with Crippen LogP contribution in [0, 0.1) is 0 Å². The van der Waals surface area contributed by atoms with Gasteiger partial charge in [-0.2, -0.15) is 4.98 Å². The molecule has 0 aliphatic heterocycles. The van der Waals surface area contributed by atoms with Crippen LogP contribution < -0.4 is 10.6 Å². The molecule has 4 aromatic rings. The molecule has 0 radical (unpaired) electrons. The predicted molar refractivity (Wildman–Crippen MR) is 134 cm³/mol. The summed E-state index contributed by atoms with van der Waals surface area (Å²) in [5, 5.41) is 10.1. The molecule has 0 atom stereocenters. The Morgan fingerprint density at radius 2 is 1.91 bits per heavy atom. The third-order valence-corrected chi connectivity index (χ3v) is 8.07. The van der Waals surface area contributed by atoms with Crippen molar-refractivity contribution in [3.8, 4) is 11.1 Å². The first-order valence-electron chi connectivity index (χ1n) is 11.4. The van der Waals surface area contributed by atoms with E-state index in [9.17, 15) is 13.2 Å². The van der Waals surface area contributed by atoms with E-state index in [-0.39, 0.29) is 10.9 Å². The average Bonchev–Trinajstić information content (AvgIpc) is 3.58. The number of nitrogens with zero attached hydrogens (tertiary/aromatic N) is 3. The minimum absolute atomic E-state index is 0.272. The molecule has 2 N–H and O–H groups in total. The predicted octanol–water partition coefficient (Wildman–Crippen LogP) is 4.77. The number of hydrogen-bond acceptors (Lipinski definition) is 8.